The van der Waals surface area contributed by atoms with Crippen molar-refractivity contribution in [2.45, 2.75) is 59.3 Å². The van der Waals surface area contributed by atoms with Gasteiger partial charge < -0.3 is 9.47 Å². The smallest absolute Gasteiger partial charge is 0.424 e. The number of anilines is 1. The highest BCUT2D eigenvalue weighted by molar-refractivity contribution is 6.32. The number of hydrogen-bond donors (Lipinski definition) is 0. The Morgan fingerprint density at radius 1 is 0.853 bits per heavy atom. The number of fused-ring (bicyclic) bond motifs is 1. The number of hydrogen-bond acceptors (Lipinski definition) is 6. The molecule has 0 atom stereocenters. The molecule has 0 N–H and O–H groups in total. The predicted octanol–water partition coefficient (Wildman–Crippen LogP) is 5.81. The highest BCUT2D eigenvalue weighted by Crippen LogP contribution is 2.30. The molecule has 0 aliphatic carbocycles. The van der Waals surface area contributed by atoms with Crippen molar-refractivity contribution in [1.29, 1.82) is 0 Å². The van der Waals surface area contributed by atoms with E-state index < -0.39 is 35.2 Å². The molecule has 0 fully saturated rings. The highest BCUT2D eigenvalue weighted by Gasteiger charge is 2.36. The fourth-order valence-electron chi connectivity index (χ4n) is 3.26. The SMILES string of the molecule is CC(C)(C)OC(=O)N(C(=O)OC(C)(C)C)c1ccc(CN2C(=O)c3ccccc3C2=O)c(Cl)c1. The summed E-state index contributed by atoms with van der Waals surface area (Å²) < 4.78 is 10.8. The maximum Gasteiger partial charge on any atom is 0.424 e. The van der Waals surface area contributed by atoms with E-state index in [1.165, 1.54) is 12.1 Å². The van der Waals surface area contributed by atoms with Crippen molar-refractivity contribution in [3.05, 3.63) is 64.2 Å². The van der Waals surface area contributed by atoms with E-state index in [4.69, 9.17) is 21.1 Å². The minimum atomic E-state index is -0.925. The Kier molecular flexibility index (Phi) is 6.75. The van der Waals surface area contributed by atoms with E-state index in [1.54, 1.807) is 71.9 Å². The molecule has 1 aliphatic rings. The third-order valence-electron chi connectivity index (χ3n) is 4.65. The molecular formula is C25H27ClN2O6. The lowest BCUT2D eigenvalue weighted by Crippen LogP contribution is -2.43. The molecule has 9 heteroatoms. The van der Waals surface area contributed by atoms with Gasteiger partial charge in [-0.1, -0.05) is 29.8 Å². The van der Waals surface area contributed by atoms with Gasteiger partial charge in [0.25, 0.3) is 11.8 Å². The van der Waals surface area contributed by atoms with Crippen molar-refractivity contribution in [3.63, 3.8) is 0 Å². The number of imide groups is 2. The normalized spacial score (nSPS) is 13.6. The fourth-order valence-corrected chi connectivity index (χ4v) is 3.49. The number of amides is 4. The first-order valence-corrected chi connectivity index (χ1v) is 11.1. The summed E-state index contributed by atoms with van der Waals surface area (Å²) in [7, 11) is 0. The molecule has 34 heavy (non-hydrogen) atoms. The molecule has 0 aromatic heterocycles. The van der Waals surface area contributed by atoms with Crippen LogP contribution >= 0.6 is 11.6 Å². The molecule has 8 nitrogen and oxygen atoms in total. The monoisotopic (exact) mass is 486 g/mol. The van der Waals surface area contributed by atoms with Crippen LogP contribution in [0.1, 0.15) is 67.8 Å². The van der Waals surface area contributed by atoms with Gasteiger partial charge >= 0.3 is 12.2 Å². The first-order chi connectivity index (χ1) is 15.7. The predicted molar refractivity (Wildman–Crippen MR) is 127 cm³/mol. The van der Waals surface area contributed by atoms with Crippen LogP contribution in [0.15, 0.2) is 42.5 Å². The molecule has 1 heterocycles. The second-order valence-electron chi connectivity index (χ2n) is 9.81. The topological polar surface area (TPSA) is 93.2 Å². The van der Waals surface area contributed by atoms with Gasteiger partial charge in [-0.3, -0.25) is 14.5 Å². The van der Waals surface area contributed by atoms with Gasteiger partial charge in [0.2, 0.25) is 0 Å². The Balaban J connectivity index is 1.90. The summed E-state index contributed by atoms with van der Waals surface area (Å²) in [5, 5.41) is 0.158. The van der Waals surface area contributed by atoms with E-state index in [2.05, 4.69) is 0 Å². The molecule has 0 spiro atoms. The average molecular weight is 487 g/mol. The van der Waals surface area contributed by atoms with Crippen LogP contribution in [0.2, 0.25) is 5.02 Å². The summed E-state index contributed by atoms with van der Waals surface area (Å²) in [5.74, 6) is -0.824. The Hall–Kier alpha value is -3.39. The fraction of sp³-hybridized carbons (Fsp3) is 0.360. The van der Waals surface area contributed by atoms with Crippen molar-refractivity contribution in [2.75, 3.05) is 4.90 Å². The largest absolute Gasteiger partial charge is 0.443 e. The molecule has 3 rings (SSSR count). The summed E-state index contributed by atoms with van der Waals surface area (Å²) >= 11 is 6.45. The first kappa shape index (κ1) is 25.2. The Bertz CT molecular complexity index is 1100. The van der Waals surface area contributed by atoms with E-state index in [0.29, 0.717) is 16.7 Å². The lowest BCUT2D eigenvalue weighted by molar-refractivity contribution is 0.0429. The van der Waals surface area contributed by atoms with Crippen LogP contribution in [0, 0.1) is 0 Å². The van der Waals surface area contributed by atoms with Crippen LogP contribution in [-0.4, -0.2) is 40.1 Å². The van der Waals surface area contributed by atoms with Gasteiger partial charge in [0, 0.05) is 5.02 Å². The molecule has 0 bridgehead atoms. The van der Waals surface area contributed by atoms with E-state index in [9.17, 15) is 19.2 Å². The second-order valence-corrected chi connectivity index (χ2v) is 10.2. The maximum absolute atomic E-state index is 12.8. The van der Waals surface area contributed by atoms with Crippen molar-refractivity contribution in [3.8, 4) is 0 Å². The molecule has 0 saturated carbocycles. The van der Waals surface area contributed by atoms with E-state index in [0.717, 1.165) is 9.80 Å². The molecule has 4 amide bonds. The highest BCUT2D eigenvalue weighted by atomic mass is 35.5. The quantitative estimate of drug-likeness (QED) is 0.508. The minimum Gasteiger partial charge on any atom is -0.443 e. The Labute approximate surface area is 203 Å². The third kappa shape index (κ3) is 5.56. The summed E-state index contributed by atoms with van der Waals surface area (Å²) in [4.78, 5) is 52.9. The number of rotatable bonds is 3. The number of benzene rings is 2. The molecule has 0 unspecified atom stereocenters. The van der Waals surface area contributed by atoms with Gasteiger partial charge in [-0.05, 0) is 71.4 Å². The molecule has 2 aromatic carbocycles. The molecular weight excluding hydrogens is 460 g/mol. The zero-order valence-corrected chi connectivity index (χ0v) is 20.7. The Morgan fingerprint density at radius 2 is 1.32 bits per heavy atom. The molecule has 180 valence electrons. The third-order valence-corrected chi connectivity index (χ3v) is 5.01. The zero-order valence-electron chi connectivity index (χ0n) is 20.0. The van der Waals surface area contributed by atoms with Gasteiger partial charge in [0.1, 0.15) is 11.2 Å². The van der Waals surface area contributed by atoms with Crippen molar-refractivity contribution in [2.24, 2.45) is 0 Å². The van der Waals surface area contributed by atoms with E-state index in [-0.39, 0.29) is 17.3 Å². The molecule has 2 aromatic rings. The van der Waals surface area contributed by atoms with Crippen LogP contribution in [0.4, 0.5) is 15.3 Å². The molecule has 0 saturated heterocycles. The van der Waals surface area contributed by atoms with Crippen LogP contribution in [0.5, 0.6) is 0 Å². The van der Waals surface area contributed by atoms with Crippen LogP contribution in [0.25, 0.3) is 0 Å². The number of carbonyl (C=O) groups excluding carboxylic acids is 4. The van der Waals surface area contributed by atoms with Gasteiger partial charge in [-0.25, -0.2) is 9.59 Å². The summed E-state index contributed by atoms with van der Waals surface area (Å²) in [5.41, 5.74) is -0.450. The lowest BCUT2D eigenvalue weighted by atomic mass is 10.1. The number of ether oxygens (including phenoxy) is 2. The van der Waals surface area contributed by atoms with Crippen LogP contribution in [0.3, 0.4) is 0 Å². The number of halogens is 1. The van der Waals surface area contributed by atoms with Crippen molar-refractivity contribution >= 4 is 41.3 Å². The second kappa shape index (κ2) is 9.10. The summed E-state index contributed by atoms with van der Waals surface area (Å²) in [6, 6.07) is 11.0. The van der Waals surface area contributed by atoms with Gasteiger partial charge in [0.05, 0.1) is 23.4 Å². The lowest BCUT2D eigenvalue weighted by Gasteiger charge is -2.29. The minimum absolute atomic E-state index is 0.0651. The van der Waals surface area contributed by atoms with Crippen molar-refractivity contribution < 1.29 is 28.7 Å². The molecule has 0 radical (unpaired) electrons. The molecule has 1 aliphatic heterocycles. The van der Waals surface area contributed by atoms with Crippen LogP contribution < -0.4 is 4.90 Å². The summed E-state index contributed by atoms with van der Waals surface area (Å²) in [6.07, 6.45) is -1.85. The average Bonchev–Trinajstić information content (AvgIpc) is 2.92. The van der Waals surface area contributed by atoms with E-state index in [1.807, 2.05) is 0 Å². The van der Waals surface area contributed by atoms with E-state index >= 15 is 0 Å². The number of carbonyl (C=O) groups is 4. The number of nitrogens with zero attached hydrogens (tertiary/aromatic N) is 2. The summed E-state index contributed by atoms with van der Waals surface area (Å²) in [6.45, 7) is 10.00. The van der Waals surface area contributed by atoms with Crippen molar-refractivity contribution in [1.82, 2.24) is 4.90 Å². The van der Waals surface area contributed by atoms with Gasteiger partial charge in [-0.2, -0.15) is 4.90 Å². The zero-order chi connectivity index (χ0) is 25.4. The Morgan fingerprint density at radius 3 is 1.74 bits per heavy atom. The maximum atomic E-state index is 12.8. The van der Waals surface area contributed by atoms with Gasteiger partial charge in [-0.15, -0.1) is 0 Å². The van der Waals surface area contributed by atoms with Gasteiger partial charge in [0.15, 0.2) is 0 Å². The van der Waals surface area contributed by atoms with Crippen LogP contribution in [-0.2, 0) is 16.0 Å². The first-order valence-electron chi connectivity index (χ1n) is 10.7. The standard InChI is InChI=1S/C25H27ClN2O6/c1-24(2,3)33-22(31)28(23(32)34-25(4,5)6)16-12-11-15(19(26)13-16)14-27-20(29)17-9-7-8-10-18(17)21(27)30/h7-13H,14H2,1-6H3.